The van der Waals surface area contributed by atoms with Crippen molar-refractivity contribution in [2.45, 2.75) is 45.1 Å². The minimum atomic E-state index is 0.232. The van der Waals surface area contributed by atoms with Crippen molar-refractivity contribution in [1.29, 1.82) is 0 Å². The highest BCUT2D eigenvalue weighted by atomic mass is 16.5. The number of aryl methyl sites for hydroxylation is 1. The fourth-order valence-electron chi connectivity index (χ4n) is 2.70. The summed E-state index contributed by atoms with van der Waals surface area (Å²) in [5.74, 6) is 1.52. The van der Waals surface area contributed by atoms with Crippen molar-refractivity contribution in [3.63, 3.8) is 0 Å². The first-order chi connectivity index (χ1) is 9.83. The Kier molecular flexibility index (Phi) is 4.11. The molecule has 0 amide bonds. The first-order valence-electron chi connectivity index (χ1n) is 7.43. The molecular weight excluding hydrogens is 250 g/mol. The molecule has 1 unspecified atom stereocenters. The summed E-state index contributed by atoms with van der Waals surface area (Å²) < 4.78 is 5.45. The third-order valence-corrected chi connectivity index (χ3v) is 3.95. The normalized spacial score (nSPS) is 19.8. The first kappa shape index (κ1) is 13.3. The quantitative estimate of drug-likeness (QED) is 0.931. The molecule has 0 bridgehead atoms. The second kappa shape index (κ2) is 6.18. The fourth-order valence-corrected chi connectivity index (χ4v) is 2.70. The zero-order chi connectivity index (χ0) is 13.8. The Bertz CT molecular complexity index is 556. The summed E-state index contributed by atoms with van der Waals surface area (Å²) in [6.07, 6.45) is 5.58. The molecule has 0 aliphatic carbocycles. The molecular formula is C16H21N3O. The van der Waals surface area contributed by atoms with Gasteiger partial charge >= 0.3 is 0 Å². The van der Waals surface area contributed by atoms with Crippen LogP contribution in [0.15, 0.2) is 28.8 Å². The van der Waals surface area contributed by atoms with Gasteiger partial charge in [-0.05, 0) is 37.4 Å². The van der Waals surface area contributed by atoms with E-state index in [-0.39, 0.29) is 6.04 Å². The van der Waals surface area contributed by atoms with Gasteiger partial charge in [0.15, 0.2) is 5.82 Å². The van der Waals surface area contributed by atoms with Gasteiger partial charge in [0.05, 0.1) is 6.04 Å². The van der Waals surface area contributed by atoms with E-state index in [2.05, 4.69) is 46.6 Å². The van der Waals surface area contributed by atoms with Crippen LogP contribution < -0.4 is 5.32 Å². The highest BCUT2D eigenvalue weighted by Crippen LogP contribution is 2.22. The summed E-state index contributed by atoms with van der Waals surface area (Å²) in [5.41, 5.74) is 2.53. The lowest BCUT2D eigenvalue weighted by atomic mass is 10.1. The highest BCUT2D eigenvalue weighted by Gasteiger charge is 2.20. The van der Waals surface area contributed by atoms with E-state index in [9.17, 15) is 0 Å². The van der Waals surface area contributed by atoms with Crippen molar-refractivity contribution in [2.24, 2.45) is 0 Å². The van der Waals surface area contributed by atoms with Crippen LogP contribution in [0.3, 0.4) is 0 Å². The fraction of sp³-hybridized carbons (Fsp3) is 0.500. The Balaban J connectivity index is 1.71. The largest absolute Gasteiger partial charge is 0.338 e. The molecule has 1 atom stereocenters. The third kappa shape index (κ3) is 3.07. The van der Waals surface area contributed by atoms with Crippen LogP contribution in [0.25, 0.3) is 0 Å². The second-order valence-electron chi connectivity index (χ2n) is 5.51. The SMILES string of the molecule is Cc1ccccc1Cc1noc(C2CCCCCN2)n1. The number of aromatic nitrogens is 2. The molecule has 1 aliphatic heterocycles. The molecule has 1 saturated heterocycles. The van der Waals surface area contributed by atoms with E-state index in [1.54, 1.807) is 0 Å². The molecule has 1 fully saturated rings. The predicted molar refractivity (Wildman–Crippen MR) is 77.5 cm³/mol. The number of hydrogen-bond donors (Lipinski definition) is 1. The zero-order valence-electron chi connectivity index (χ0n) is 11.9. The third-order valence-electron chi connectivity index (χ3n) is 3.95. The van der Waals surface area contributed by atoms with Crippen LogP contribution in [0.2, 0.25) is 0 Å². The van der Waals surface area contributed by atoms with Crippen LogP contribution in [-0.2, 0) is 6.42 Å². The molecule has 4 heteroatoms. The first-order valence-corrected chi connectivity index (χ1v) is 7.43. The Hall–Kier alpha value is -1.68. The molecule has 3 rings (SSSR count). The van der Waals surface area contributed by atoms with Crippen LogP contribution >= 0.6 is 0 Å². The summed E-state index contributed by atoms with van der Waals surface area (Å²) in [5, 5.41) is 7.62. The smallest absolute Gasteiger partial charge is 0.243 e. The second-order valence-corrected chi connectivity index (χ2v) is 5.51. The van der Waals surface area contributed by atoms with Crippen molar-refractivity contribution in [1.82, 2.24) is 15.5 Å². The Labute approximate surface area is 119 Å². The Morgan fingerprint density at radius 3 is 3.05 bits per heavy atom. The molecule has 1 aromatic carbocycles. The van der Waals surface area contributed by atoms with Gasteiger partial charge in [-0.15, -0.1) is 0 Å². The lowest BCUT2D eigenvalue weighted by molar-refractivity contribution is 0.325. The average molecular weight is 271 g/mol. The molecule has 4 nitrogen and oxygen atoms in total. The van der Waals surface area contributed by atoms with Crippen molar-refractivity contribution < 1.29 is 4.52 Å². The van der Waals surface area contributed by atoms with Gasteiger partial charge in [-0.3, -0.25) is 0 Å². The van der Waals surface area contributed by atoms with Crippen molar-refractivity contribution >= 4 is 0 Å². The van der Waals surface area contributed by atoms with Gasteiger partial charge in [0.2, 0.25) is 5.89 Å². The summed E-state index contributed by atoms with van der Waals surface area (Å²) >= 11 is 0. The summed E-state index contributed by atoms with van der Waals surface area (Å²) in [6.45, 7) is 3.16. The van der Waals surface area contributed by atoms with Crippen molar-refractivity contribution in [3.8, 4) is 0 Å². The van der Waals surface area contributed by atoms with Gasteiger partial charge in [-0.25, -0.2) is 0 Å². The van der Waals surface area contributed by atoms with Gasteiger partial charge in [-0.2, -0.15) is 4.98 Å². The molecule has 0 spiro atoms. The number of benzene rings is 1. The van der Waals surface area contributed by atoms with Crippen LogP contribution in [0.4, 0.5) is 0 Å². The van der Waals surface area contributed by atoms with E-state index in [1.807, 2.05) is 0 Å². The average Bonchev–Trinajstić information content (AvgIpc) is 2.74. The Morgan fingerprint density at radius 1 is 1.25 bits per heavy atom. The molecule has 1 N–H and O–H groups in total. The topological polar surface area (TPSA) is 51.0 Å². The van der Waals surface area contributed by atoms with Gasteiger partial charge in [-0.1, -0.05) is 42.3 Å². The molecule has 2 aromatic rings. The Morgan fingerprint density at radius 2 is 2.15 bits per heavy atom. The van der Waals surface area contributed by atoms with Crippen molar-refractivity contribution in [2.75, 3.05) is 6.54 Å². The van der Waals surface area contributed by atoms with Gasteiger partial charge in [0.25, 0.3) is 0 Å². The minimum absolute atomic E-state index is 0.232. The zero-order valence-corrected chi connectivity index (χ0v) is 11.9. The molecule has 2 heterocycles. The van der Waals surface area contributed by atoms with Crippen LogP contribution in [0.5, 0.6) is 0 Å². The molecule has 106 valence electrons. The van der Waals surface area contributed by atoms with Crippen molar-refractivity contribution in [3.05, 3.63) is 47.1 Å². The number of nitrogens with zero attached hydrogens (tertiary/aromatic N) is 2. The van der Waals surface area contributed by atoms with E-state index in [4.69, 9.17) is 4.52 Å². The van der Waals surface area contributed by atoms with Crippen LogP contribution in [-0.4, -0.2) is 16.7 Å². The molecule has 0 saturated carbocycles. The van der Waals surface area contributed by atoms with E-state index < -0.39 is 0 Å². The standard InChI is InChI=1S/C16H21N3O/c1-12-7-4-5-8-13(12)11-15-18-16(20-19-15)14-9-3-2-6-10-17-14/h4-5,7-8,14,17H,2-3,6,9-11H2,1H3. The summed E-state index contributed by atoms with van der Waals surface area (Å²) in [6, 6.07) is 8.57. The van der Waals surface area contributed by atoms with E-state index >= 15 is 0 Å². The maximum atomic E-state index is 5.45. The predicted octanol–water partition coefficient (Wildman–Crippen LogP) is 3.17. The molecule has 1 aromatic heterocycles. The highest BCUT2D eigenvalue weighted by molar-refractivity contribution is 5.28. The molecule has 20 heavy (non-hydrogen) atoms. The minimum Gasteiger partial charge on any atom is -0.338 e. The van der Waals surface area contributed by atoms with Gasteiger partial charge < -0.3 is 9.84 Å². The van der Waals surface area contributed by atoms with E-state index in [0.29, 0.717) is 0 Å². The lowest BCUT2D eigenvalue weighted by Gasteiger charge is -2.09. The maximum absolute atomic E-state index is 5.45. The summed E-state index contributed by atoms with van der Waals surface area (Å²) in [4.78, 5) is 4.57. The van der Waals surface area contributed by atoms with Crippen LogP contribution in [0.1, 0.15) is 54.6 Å². The van der Waals surface area contributed by atoms with Gasteiger partial charge in [0.1, 0.15) is 0 Å². The molecule has 1 aliphatic rings. The number of rotatable bonds is 3. The molecule has 0 radical (unpaired) electrons. The maximum Gasteiger partial charge on any atom is 0.243 e. The summed E-state index contributed by atoms with van der Waals surface area (Å²) in [7, 11) is 0. The van der Waals surface area contributed by atoms with Gasteiger partial charge in [0, 0.05) is 6.42 Å². The van der Waals surface area contributed by atoms with E-state index in [0.717, 1.165) is 31.1 Å². The number of nitrogens with one attached hydrogen (secondary N) is 1. The lowest BCUT2D eigenvalue weighted by Crippen LogP contribution is -2.20. The monoisotopic (exact) mass is 271 g/mol. The number of hydrogen-bond acceptors (Lipinski definition) is 4. The van der Waals surface area contributed by atoms with Crippen LogP contribution in [0, 0.1) is 6.92 Å². The van der Waals surface area contributed by atoms with E-state index in [1.165, 1.54) is 30.4 Å².